The summed E-state index contributed by atoms with van der Waals surface area (Å²) in [7, 11) is 0. The Morgan fingerprint density at radius 2 is 2.00 bits per heavy atom. The van der Waals surface area contributed by atoms with Crippen molar-refractivity contribution in [3.8, 4) is 0 Å². The van der Waals surface area contributed by atoms with Gasteiger partial charge in [0.25, 0.3) is 0 Å². The van der Waals surface area contributed by atoms with Crippen LogP contribution in [-0.4, -0.2) is 35.5 Å². The van der Waals surface area contributed by atoms with Gasteiger partial charge >= 0.3 is 0 Å². The van der Waals surface area contributed by atoms with Crippen LogP contribution in [0.15, 0.2) is 6.07 Å². The molecule has 0 atom stereocenters. The van der Waals surface area contributed by atoms with Gasteiger partial charge in [-0.25, -0.2) is 4.98 Å². The van der Waals surface area contributed by atoms with Gasteiger partial charge in [0.1, 0.15) is 5.82 Å². The molecule has 0 radical (unpaired) electrons. The lowest BCUT2D eigenvalue weighted by atomic mass is 10.1. The summed E-state index contributed by atoms with van der Waals surface area (Å²) in [5, 5.41) is 9.30. The summed E-state index contributed by atoms with van der Waals surface area (Å²) in [6, 6.07) is 1.91. The minimum atomic E-state index is 0.188. The van der Waals surface area contributed by atoms with Gasteiger partial charge in [0.2, 0.25) is 11.9 Å². The largest absolute Gasteiger partial charge is 0.370 e. The van der Waals surface area contributed by atoms with E-state index < -0.39 is 0 Å². The minimum Gasteiger partial charge on any atom is -0.370 e. The molecule has 116 valence electrons. The lowest BCUT2D eigenvalue weighted by Crippen LogP contribution is -2.33. The normalized spacial score (nSPS) is 15.0. The molecule has 0 aromatic carbocycles. The van der Waals surface area contributed by atoms with Crippen LogP contribution in [0.3, 0.4) is 0 Å². The number of nitrogens with one attached hydrogen (secondary N) is 3. The molecule has 0 saturated heterocycles. The van der Waals surface area contributed by atoms with Crippen molar-refractivity contribution in [1.82, 2.24) is 15.3 Å². The predicted octanol–water partition coefficient (Wildman–Crippen LogP) is 1.94. The zero-order valence-electron chi connectivity index (χ0n) is 12.9. The highest BCUT2D eigenvalue weighted by Crippen LogP contribution is 2.24. The quantitative estimate of drug-likeness (QED) is 0.669. The van der Waals surface area contributed by atoms with E-state index in [1.54, 1.807) is 0 Å². The van der Waals surface area contributed by atoms with Crippen LogP contribution in [0, 0.1) is 12.8 Å². The summed E-state index contributed by atoms with van der Waals surface area (Å²) >= 11 is 0. The van der Waals surface area contributed by atoms with Gasteiger partial charge in [-0.1, -0.05) is 12.8 Å². The van der Waals surface area contributed by atoms with Gasteiger partial charge in [-0.15, -0.1) is 0 Å². The molecule has 1 aliphatic carbocycles. The molecule has 0 spiro atoms. The second-order valence-corrected chi connectivity index (χ2v) is 5.45. The second-order valence-electron chi connectivity index (χ2n) is 5.45. The molecule has 1 aliphatic rings. The molecule has 6 heteroatoms. The summed E-state index contributed by atoms with van der Waals surface area (Å²) < 4.78 is 0. The highest BCUT2D eigenvalue weighted by molar-refractivity contribution is 5.78. The van der Waals surface area contributed by atoms with Crippen molar-refractivity contribution in [2.45, 2.75) is 39.5 Å². The van der Waals surface area contributed by atoms with E-state index in [1.807, 2.05) is 19.9 Å². The van der Waals surface area contributed by atoms with Crippen LogP contribution in [0.2, 0.25) is 0 Å². The maximum Gasteiger partial charge on any atom is 0.224 e. The average molecular weight is 291 g/mol. The molecule has 1 amide bonds. The molecule has 3 N–H and O–H groups in total. The Morgan fingerprint density at radius 3 is 2.71 bits per heavy atom. The van der Waals surface area contributed by atoms with Gasteiger partial charge in [0.15, 0.2) is 0 Å². The van der Waals surface area contributed by atoms with E-state index >= 15 is 0 Å². The summed E-state index contributed by atoms with van der Waals surface area (Å²) in [4.78, 5) is 20.6. The van der Waals surface area contributed by atoms with E-state index in [2.05, 4.69) is 25.9 Å². The zero-order valence-corrected chi connectivity index (χ0v) is 12.9. The Balaban J connectivity index is 1.74. The molecular formula is C15H25N5O. The van der Waals surface area contributed by atoms with Crippen LogP contribution in [-0.2, 0) is 4.79 Å². The first kappa shape index (κ1) is 15.5. The van der Waals surface area contributed by atoms with Crippen molar-refractivity contribution >= 4 is 17.7 Å². The summed E-state index contributed by atoms with van der Waals surface area (Å²) in [6.45, 7) is 6.03. The third-order valence-electron chi connectivity index (χ3n) is 3.65. The van der Waals surface area contributed by atoms with Gasteiger partial charge in [-0.2, -0.15) is 4.98 Å². The topological polar surface area (TPSA) is 78.9 Å². The van der Waals surface area contributed by atoms with E-state index in [9.17, 15) is 4.79 Å². The summed E-state index contributed by atoms with van der Waals surface area (Å²) in [6.07, 6.45) is 4.43. The van der Waals surface area contributed by atoms with E-state index in [4.69, 9.17) is 0 Å². The highest BCUT2D eigenvalue weighted by Gasteiger charge is 2.21. The monoisotopic (exact) mass is 291 g/mol. The van der Waals surface area contributed by atoms with E-state index in [1.165, 1.54) is 12.8 Å². The van der Waals surface area contributed by atoms with Crippen LogP contribution in [0.5, 0.6) is 0 Å². The molecule has 1 fully saturated rings. The molecule has 21 heavy (non-hydrogen) atoms. The smallest absolute Gasteiger partial charge is 0.224 e. The molecule has 6 nitrogen and oxygen atoms in total. The number of hydrogen-bond donors (Lipinski definition) is 3. The number of hydrogen-bond acceptors (Lipinski definition) is 5. The Kier molecular flexibility index (Phi) is 5.78. The lowest BCUT2D eigenvalue weighted by molar-refractivity contribution is -0.124. The number of carbonyl (C=O) groups excluding carboxylic acids is 1. The van der Waals surface area contributed by atoms with Crippen molar-refractivity contribution in [3.05, 3.63) is 11.8 Å². The number of rotatable bonds is 7. The van der Waals surface area contributed by atoms with E-state index in [0.717, 1.165) is 30.9 Å². The van der Waals surface area contributed by atoms with Gasteiger partial charge in [-0.3, -0.25) is 4.79 Å². The van der Waals surface area contributed by atoms with Crippen LogP contribution >= 0.6 is 0 Å². The summed E-state index contributed by atoms with van der Waals surface area (Å²) in [5.74, 6) is 1.83. The molecule has 0 unspecified atom stereocenters. The van der Waals surface area contributed by atoms with Crippen LogP contribution < -0.4 is 16.0 Å². The van der Waals surface area contributed by atoms with Gasteiger partial charge in [0, 0.05) is 37.3 Å². The van der Waals surface area contributed by atoms with Gasteiger partial charge in [-0.05, 0) is 26.7 Å². The first-order chi connectivity index (χ1) is 10.2. The van der Waals surface area contributed by atoms with Crippen LogP contribution in [0.4, 0.5) is 11.8 Å². The van der Waals surface area contributed by atoms with Crippen molar-refractivity contribution in [1.29, 1.82) is 0 Å². The fourth-order valence-corrected chi connectivity index (χ4v) is 2.61. The van der Waals surface area contributed by atoms with Crippen LogP contribution in [0.1, 0.15) is 38.3 Å². The standard InChI is InChI=1S/C15H25N5O/c1-3-16-13-10-11(2)19-15(20-13)18-9-8-17-14(21)12-6-4-5-7-12/h10,12H,3-9H2,1-2H3,(H,17,21)(H2,16,18,19,20). The number of anilines is 2. The molecule has 1 aromatic heterocycles. The first-order valence-electron chi connectivity index (χ1n) is 7.80. The number of aryl methyl sites for hydroxylation is 1. The highest BCUT2D eigenvalue weighted by atomic mass is 16.1. The van der Waals surface area contributed by atoms with E-state index in [0.29, 0.717) is 19.0 Å². The number of aromatic nitrogens is 2. The maximum absolute atomic E-state index is 11.9. The van der Waals surface area contributed by atoms with Crippen LogP contribution in [0.25, 0.3) is 0 Å². The van der Waals surface area contributed by atoms with Crippen molar-refractivity contribution in [3.63, 3.8) is 0 Å². The minimum absolute atomic E-state index is 0.188. The van der Waals surface area contributed by atoms with Gasteiger partial charge in [0.05, 0.1) is 0 Å². The van der Waals surface area contributed by atoms with Gasteiger partial charge < -0.3 is 16.0 Å². The second kappa shape index (κ2) is 7.81. The Hall–Kier alpha value is -1.85. The third kappa shape index (κ3) is 4.88. The zero-order chi connectivity index (χ0) is 15.1. The van der Waals surface area contributed by atoms with E-state index in [-0.39, 0.29) is 11.8 Å². The van der Waals surface area contributed by atoms with Crippen molar-refractivity contribution in [2.75, 3.05) is 30.3 Å². The molecule has 2 rings (SSSR count). The molecule has 1 saturated carbocycles. The third-order valence-corrected chi connectivity index (χ3v) is 3.65. The summed E-state index contributed by atoms with van der Waals surface area (Å²) in [5.41, 5.74) is 0.915. The average Bonchev–Trinajstić information content (AvgIpc) is 2.97. The number of amides is 1. The maximum atomic E-state index is 11.9. The predicted molar refractivity (Wildman–Crippen MR) is 84.4 cm³/mol. The molecule has 1 heterocycles. The fourth-order valence-electron chi connectivity index (χ4n) is 2.61. The van der Waals surface area contributed by atoms with Crippen molar-refractivity contribution in [2.24, 2.45) is 5.92 Å². The first-order valence-corrected chi connectivity index (χ1v) is 7.80. The number of nitrogens with zero attached hydrogens (tertiary/aromatic N) is 2. The molecular weight excluding hydrogens is 266 g/mol. The number of carbonyl (C=O) groups is 1. The Bertz CT molecular complexity index is 471. The SMILES string of the molecule is CCNc1cc(C)nc(NCCNC(=O)C2CCCC2)n1. The Morgan fingerprint density at radius 1 is 1.24 bits per heavy atom. The molecule has 0 aliphatic heterocycles. The van der Waals surface area contributed by atoms with Crippen molar-refractivity contribution < 1.29 is 4.79 Å². The lowest BCUT2D eigenvalue weighted by Gasteiger charge is -2.11. The Labute approximate surface area is 126 Å². The molecule has 1 aromatic rings. The molecule has 0 bridgehead atoms. The fraction of sp³-hybridized carbons (Fsp3) is 0.667.